The van der Waals surface area contributed by atoms with Crippen molar-refractivity contribution < 1.29 is 18.0 Å². The second kappa shape index (κ2) is 7.24. The van der Waals surface area contributed by atoms with E-state index in [2.05, 4.69) is 15.5 Å². The SMILES string of the molecule is Cn1nc(C(F)(F)F)c(Cl)c1C(=O)Nc1cnn(Cc2cccc(Cl)c2)c1. The molecule has 3 rings (SSSR count). The third kappa shape index (κ3) is 4.25. The third-order valence-corrected chi connectivity index (χ3v) is 4.19. The van der Waals surface area contributed by atoms with Gasteiger partial charge in [0.15, 0.2) is 5.69 Å². The summed E-state index contributed by atoms with van der Waals surface area (Å²) in [6.07, 6.45) is -1.85. The summed E-state index contributed by atoms with van der Waals surface area (Å²) in [5.41, 5.74) is -0.513. The van der Waals surface area contributed by atoms with Crippen LogP contribution in [-0.2, 0) is 19.8 Å². The Morgan fingerprint density at radius 3 is 2.67 bits per heavy atom. The van der Waals surface area contributed by atoms with Gasteiger partial charge in [-0.25, -0.2) is 0 Å². The molecule has 142 valence electrons. The highest BCUT2D eigenvalue weighted by Crippen LogP contribution is 2.35. The molecule has 0 bridgehead atoms. The van der Waals surface area contributed by atoms with E-state index >= 15 is 0 Å². The topological polar surface area (TPSA) is 64.7 Å². The summed E-state index contributed by atoms with van der Waals surface area (Å²) in [6.45, 7) is 0.404. The summed E-state index contributed by atoms with van der Waals surface area (Å²) in [4.78, 5) is 12.3. The van der Waals surface area contributed by atoms with Gasteiger partial charge in [0.05, 0.1) is 18.4 Å². The fraction of sp³-hybridized carbons (Fsp3) is 0.188. The summed E-state index contributed by atoms with van der Waals surface area (Å²) < 4.78 is 40.9. The quantitative estimate of drug-likeness (QED) is 0.690. The number of carbonyl (C=O) groups excluding carboxylic acids is 1. The molecule has 6 nitrogen and oxygen atoms in total. The molecule has 0 saturated heterocycles. The van der Waals surface area contributed by atoms with E-state index in [4.69, 9.17) is 23.2 Å². The van der Waals surface area contributed by atoms with E-state index in [0.717, 1.165) is 10.2 Å². The van der Waals surface area contributed by atoms with Gasteiger partial charge in [0.1, 0.15) is 10.7 Å². The Hall–Kier alpha value is -2.52. The summed E-state index contributed by atoms with van der Waals surface area (Å²) in [5.74, 6) is -0.826. The Bertz CT molecular complexity index is 996. The Labute approximate surface area is 161 Å². The van der Waals surface area contributed by atoms with Crippen LogP contribution in [0.2, 0.25) is 10.0 Å². The molecule has 0 radical (unpaired) electrons. The molecule has 0 fully saturated rings. The number of halogens is 5. The first-order chi connectivity index (χ1) is 12.6. The number of amides is 1. The van der Waals surface area contributed by atoms with Crippen LogP contribution in [0.1, 0.15) is 21.7 Å². The second-order valence-electron chi connectivity index (χ2n) is 5.64. The van der Waals surface area contributed by atoms with Crippen molar-refractivity contribution in [3.8, 4) is 0 Å². The molecule has 11 heteroatoms. The second-order valence-corrected chi connectivity index (χ2v) is 6.46. The van der Waals surface area contributed by atoms with E-state index in [1.807, 2.05) is 6.07 Å². The molecular formula is C16H12Cl2F3N5O. The van der Waals surface area contributed by atoms with Crippen LogP contribution in [0.15, 0.2) is 36.7 Å². The number of rotatable bonds is 4. The number of hydrogen-bond acceptors (Lipinski definition) is 3. The molecule has 2 heterocycles. The lowest BCUT2D eigenvalue weighted by Crippen LogP contribution is -2.16. The van der Waals surface area contributed by atoms with Gasteiger partial charge in [0.2, 0.25) is 0 Å². The van der Waals surface area contributed by atoms with Crippen LogP contribution < -0.4 is 5.32 Å². The average molecular weight is 418 g/mol. The smallest absolute Gasteiger partial charge is 0.318 e. The molecule has 0 aliphatic carbocycles. The van der Waals surface area contributed by atoms with E-state index in [9.17, 15) is 18.0 Å². The number of alkyl halides is 3. The van der Waals surface area contributed by atoms with Crippen LogP contribution in [0.3, 0.4) is 0 Å². The largest absolute Gasteiger partial charge is 0.436 e. The van der Waals surface area contributed by atoms with Gasteiger partial charge in [0, 0.05) is 18.3 Å². The number of carbonyl (C=O) groups is 1. The molecule has 0 aliphatic rings. The van der Waals surface area contributed by atoms with Crippen LogP contribution in [0.25, 0.3) is 0 Å². The van der Waals surface area contributed by atoms with Gasteiger partial charge in [-0.2, -0.15) is 23.4 Å². The molecule has 1 N–H and O–H groups in total. The maximum Gasteiger partial charge on any atom is 0.436 e. The average Bonchev–Trinajstić information content (AvgIpc) is 3.10. The number of hydrogen-bond donors (Lipinski definition) is 1. The van der Waals surface area contributed by atoms with Crippen LogP contribution >= 0.6 is 23.2 Å². The van der Waals surface area contributed by atoms with E-state index in [-0.39, 0.29) is 0 Å². The number of benzene rings is 1. The predicted octanol–water partition coefficient (Wildman–Crippen LogP) is 4.24. The molecule has 0 atom stereocenters. The number of anilines is 1. The van der Waals surface area contributed by atoms with E-state index < -0.39 is 28.5 Å². The van der Waals surface area contributed by atoms with Crippen molar-refractivity contribution in [2.24, 2.45) is 7.05 Å². The maximum absolute atomic E-state index is 12.9. The van der Waals surface area contributed by atoms with Crippen molar-refractivity contribution >= 4 is 34.8 Å². The van der Waals surface area contributed by atoms with Gasteiger partial charge in [-0.15, -0.1) is 0 Å². The Kier molecular flexibility index (Phi) is 5.16. The molecular weight excluding hydrogens is 406 g/mol. The first kappa shape index (κ1) is 19.2. The number of aryl methyl sites for hydroxylation is 1. The van der Waals surface area contributed by atoms with Gasteiger partial charge >= 0.3 is 6.18 Å². The zero-order valence-corrected chi connectivity index (χ0v) is 15.3. The summed E-state index contributed by atoms with van der Waals surface area (Å²) >= 11 is 11.6. The van der Waals surface area contributed by atoms with Crippen molar-refractivity contribution in [1.82, 2.24) is 19.6 Å². The van der Waals surface area contributed by atoms with E-state index in [1.54, 1.807) is 22.9 Å². The zero-order chi connectivity index (χ0) is 19.8. The third-order valence-electron chi connectivity index (χ3n) is 3.60. The number of nitrogens with one attached hydrogen (secondary N) is 1. The Balaban J connectivity index is 1.76. The Morgan fingerprint density at radius 2 is 2.04 bits per heavy atom. The standard InChI is InChI=1S/C16H12Cl2F3N5O/c1-25-13(12(18)14(24-25)16(19,20)21)15(27)23-11-6-22-26(8-11)7-9-3-2-4-10(17)5-9/h2-6,8H,7H2,1H3,(H,23,27). The molecule has 0 aliphatic heterocycles. The predicted molar refractivity (Wildman–Crippen MR) is 94.0 cm³/mol. The summed E-state index contributed by atoms with van der Waals surface area (Å²) in [5, 5.41) is 9.67. The number of aromatic nitrogens is 4. The monoisotopic (exact) mass is 417 g/mol. The van der Waals surface area contributed by atoms with Crippen molar-refractivity contribution in [2.45, 2.75) is 12.7 Å². The van der Waals surface area contributed by atoms with Gasteiger partial charge in [0.25, 0.3) is 5.91 Å². The molecule has 0 unspecified atom stereocenters. The van der Waals surface area contributed by atoms with E-state index in [0.29, 0.717) is 17.3 Å². The summed E-state index contributed by atoms with van der Waals surface area (Å²) in [6, 6.07) is 7.18. The molecule has 27 heavy (non-hydrogen) atoms. The molecule has 0 spiro atoms. The van der Waals surface area contributed by atoms with Crippen LogP contribution in [-0.4, -0.2) is 25.5 Å². The van der Waals surface area contributed by atoms with Crippen LogP contribution in [0.5, 0.6) is 0 Å². The van der Waals surface area contributed by atoms with Crippen LogP contribution in [0.4, 0.5) is 18.9 Å². The number of nitrogens with zero attached hydrogens (tertiary/aromatic N) is 4. The maximum atomic E-state index is 12.9. The van der Waals surface area contributed by atoms with Crippen LogP contribution in [0, 0.1) is 0 Å². The summed E-state index contributed by atoms with van der Waals surface area (Å²) in [7, 11) is 1.21. The lowest BCUT2D eigenvalue weighted by atomic mass is 10.2. The Morgan fingerprint density at radius 1 is 1.30 bits per heavy atom. The van der Waals surface area contributed by atoms with Crippen molar-refractivity contribution in [2.75, 3.05) is 5.32 Å². The minimum absolute atomic E-state index is 0.299. The minimum atomic E-state index is -4.75. The van der Waals surface area contributed by atoms with Crippen molar-refractivity contribution in [3.63, 3.8) is 0 Å². The fourth-order valence-electron chi connectivity index (χ4n) is 2.45. The highest BCUT2D eigenvalue weighted by Gasteiger charge is 2.39. The van der Waals surface area contributed by atoms with Gasteiger partial charge in [-0.05, 0) is 17.7 Å². The van der Waals surface area contributed by atoms with Gasteiger partial charge in [-0.3, -0.25) is 14.2 Å². The molecule has 3 aromatic rings. The molecule has 2 aromatic heterocycles. The molecule has 0 saturated carbocycles. The van der Waals surface area contributed by atoms with Crippen molar-refractivity contribution in [3.05, 3.63) is 63.7 Å². The minimum Gasteiger partial charge on any atom is -0.318 e. The zero-order valence-electron chi connectivity index (χ0n) is 13.8. The fourth-order valence-corrected chi connectivity index (χ4v) is 3.02. The van der Waals surface area contributed by atoms with Crippen molar-refractivity contribution in [1.29, 1.82) is 0 Å². The lowest BCUT2D eigenvalue weighted by Gasteiger charge is -2.04. The molecule has 1 aromatic carbocycles. The first-order valence-electron chi connectivity index (χ1n) is 7.53. The van der Waals surface area contributed by atoms with Gasteiger partial charge < -0.3 is 5.32 Å². The normalized spacial score (nSPS) is 11.6. The lowest BCUT2D eigenvalue weighted by molar-refractivity contribution is -0.141. The highest BCUT2D eigenvalue weighted by atomic mass is 35.5. The molecule has 1 amide bonds. The highest BCUT2D eigenvalue weighted by molar-refractivity contribution is 6.34. The first-order valence-corrected chi connectivity index (χ1v) is 8.28. The van der Waals surface area contributed by atoms with Gasteiger partial charge in [-0.1, -0.05) is 35.3 Å². The van der Waals surface area contributed by atoms with E-state index in [1.165, 1.54) is 19.4 Å².